The maximum absolute atomic E-state index is 8.74. The van der Waals surface area contributed by atoms with Crippen molar-refractivity contribution < 1.29 is 0 Å². The molecule has 0 saturated heterocycles. The molecule has 0 heterocycles. The number of hydrogen-bond acceptors (Lipinski definition) is 3. The third-order valence-corrected chi connectivity index (χ3v) is 2.51. The van der Waals surface area contributed by atoms with Crippen molar-refractivity contribution in [1.29, 1.82) is 5.26 Å². The van der Waals surface area contributed by atoms with Gasteiger partial charge >= 0.3 is 0 Å². The number of benzene rings is 1. The SMILES string of the molecule is CC(C)Sc1ccc(N)c(C#N)c1. The average Bonchev–Trinajstić information content (AvgIpc) is 2.07. The number of hydrogen-bond donors (Lipinski definition) is 1. The zero-order valence-electron chi connectivity index (χ0n) is 7.74. The van der Waals surface area contributed by atoms with Crippen LogP contribution < -0.4 is 5.73 Å². The van der Waals surface area contributed by atoms with Crippen LogP contribution >= 0.6 is 11.8 Å². The van der Waals surface area contributed by atoms with E-state index < -0.39 is 0 Å². The van der Waals surface area contributed by atoms with Crippen molar-refractivity contribution in [2.75, 3.05) is 5.73 Å². The van der Waals surface area contributed by atoms with Crippen molar-refractivity contribution >= 4 is 17.4 Å². The van der Waals surface area contributed by atoms with Gasteiger partial charge in [0.2, 0.25) is 0 Å². The topological polar surface area (TPSA) is 49.8 Å². The van der Waals surface area contributed by atoms with Gasteiger partial charge in [-0.05, 0) is 18.2 Å². The van der Waals surface area contributed by atoms with Crippen molar-refractivity contribution in [1.82, 2.24) is 0 Å². The minimum atomic E-state index is 0.523. The highest BCUT2D eigenvalue weighted by Gasteiger charge is 2.02. The average molecular weight is 192 g/mol. The van der Waals surface area contributed by atoms with E-state index in [1.54, 1.807) is 17.8 Å². The van der Waals surface area contributed by atoms with Crippen molar-refractivity contribution in [3.8, 4) is 6.07 Å². The van der Waals surface area contributed by atoms with E-state index in [0.717, 1.165) is 4.90 Å². The summed E-state index contributed by atoms with van der Waals surface area (Å²) in [5, 5.41) is 9.26. The fourth-order valence-electron chi connectivity index (χ4n) is 0.978. The first kappa shape index (κ1) is 9.94. The molecule has 68 valence electrons. The highest BCUT2D eigenvalue weighted by atomic mass is 32.2. The zero-order chi connectivity index (χ0) is 9.84. The molecular formula is C10H12N2S. The van der Waals surface area contributed by atoms with Gasteiger partial charge < -0.3 is 5.73 Å². The summed E-state index contributed by atoms with van der Waals surface area (Å²) in [6.07, 6.45) is 0. The maximum atomic E-state index is 8.74. The summed E-state index contributed by atoms with van der Waals surface area (Å²) in [5.74, 6) is 0. The lowest BCUT2D eigenvalue weighted by Gasteiger charge is -2.05. The van der Waals surface area contributed by atoms with E-state index in [1.807, 2.05) is 12.1 Å². The molecule has 1 aromatic carbocycles. The Balaban J connectivity index is 2.95. The van der Waals surface area contributed by atoms with Crippen LogP contribution in [0.25, 0.3) is 0 Å². The molecule has 0 aliphatic heterocycles. The van der Waals surface area contributed by atoms with Gasteiger partial charge in [0.25, 0.3) is 0 Å². The van der Waals surface area contributed by atoms with Crippen LogP contribution in [-0.2, 0) is 0 Å². The van der Waals surface area contributed by atoms with E-state index in [9.17, 15) is 0 Å². The third-order valence-electron chi connectivity index (χ3n) is 1.52. The predicted octanol–water partition coefficient (Wildman–Crippen LogP) is 2.64. The first-order chi connectivity index (χ1) is 6.13. The van der Waals surface area contributed by atoms with Crippen LogP contribution in [0.4, 0.5) is 5.69 Å². The molecule has 3 heteroatoms. The Morgan fingerprint density at radius 1 is 1.46 bits per heavy atom. The number of thioether (sulfide) groups is 1. The first-order valence-electron chi connectivity index (χ1n) is 4.09. The summed E-state index contributed by atoms with van der Waals surface area (Å²) in [6.45, 7) is 4.24. The number of nitriles is 1. The van der Waals surface area contributed by atoms with Crippen LogP contribution in [0.5, 0.6) is 0 Å². The molecule has 0 bridgehead atoms. The number of nitrogens with zero attached hydrogens (tertiary/aromatic N) is 1. The maximum Gasteiger partial charge on any atom is 0.101 e. The van der Waals surface area contributed by atoms with Crippen molar-refractivity contribution in [3.05, 3.63) is 23.8 Å². The van der Waals surface area contributed by atoms with Crippen LogP contribution in [0.3, 0.4) is 0 Å². The summed E-state index contributed by atoms with van der Waals surface area (Å²) in [4.78, 5) is 1.10. The van der Waals surface area contributed by atoms with Gasteiger partial charge in [-0.25, -0.2) is 0 Å². The van der Waals surface area contributed by atoms with Crippen LogP contribution in [0.2, 0.25) is 0 Å². The Kier molecular flexibility index (Phi) is 3.21. The van der Waals surface area contributed by atoms with Crippen LogP contribution in [-0.4, -0.2) is 5.25 Å². The highest BCUT2D eigenvalue weighted by molar-refractivity contribution is 7.99. The number of nitrogen functional groups attached to an aromatic ring is 1. The van der Waals surface area contributed by atoms with E-state index in [0.29, 0.717) is 16.5 Å². The lowest BCUT2D eigenvalue weighted by molar-refractivity contribution is 1.11. The zero-order valence-corrected chi connectivity index (χ0v) is 8.56. The Labute approximate surface area is 82.7 Å². The molecule has 0 atom stereocenters. The van der Waals surface area contributed by atoms with E-state index in [-0.39, 0.29) is 0 Å². The molecule has 0 fully saturated rings. The Bertz CT molecular complexity index is 339. The van der Waals surface area contributed by atoms with Gasteiger partial charge in [0.1, 0.15) is 6.07 Å². The third kappa shape index (κ3) is 2.67. The molecule has 13 heavy (non-hydrogen) atoms. The predicted molar refractivity (Wildman–Crippen MR) is 56.6 cm³/mol. The van der Waals surface area contributed by atoms with Crippen molar-refractivity contribution in [2.45, 2.75) is 24.0 Å². The molecule has 1 aromatic rings. The van der Waals surface area contributed by atoms with Crippen LogP contribution in [0.1, 0.15) is 19.4 Å². The molecule has 0 spiro atoms. The fraction of sp³-hybridized carbons (Fsp3) is 0.300. The second-order valence-electron chi connectivity index (χ2n) is 3.03. The minimum Gasteiger partial charge on any atom is -0.398 e. The minimum absolute atomic E-state index is 0.523. The number of anilines is 1. The van der Waals surface area contributed by atoms with Gasteiger partial charge in [-0.2, -0.15) is 5.26 Å². The van der Waals surface area contributed by atoms with E-state index in [1.165, 1.54) is 0 Å². The molecule has 0 saturated carbocycles. The van der Waals surface area contributed by atoms with E-state index >= 15 is 0 Å². The monoisotopic (exact) mass is 192 g/mol. The quantitative estimate of drug-likeness (QED) is 0.579. The molecule has 0 radical (unpaired) electrons. The lowest BCUT2D eigenvalue weighted by Crippen LogP contribution is -1.91. The van der Waals surface area contributed by atoms with Gasteiger partial charge in [-0.3, -0.25) is 0 Å². The molecule has 0 amide bonds. The van der Waals surface area contributed by atoms with Gasteiger partial charge in [0.15, 0.2) is 0 Å². The standard InChI is InChI=1S/C10H12N2S/c1-7(2)13-9-3-4-10(12)8(5-9)6-11/h3-5,7H,12H2,1-2H3. The van der Waals surface area contributed by atoms with Crippen molar-refractivity contribution in [3.63, 3.8) is 0 Å². The van der Waals surface area contributed by atoms with Gasteiger partial charge in [0, 0.05) is 15.8 Å². The highest BCUT2D eigenvalue weighted by Crippen LogP contribution is 2.25. The molecule has 0 aliphatic carbocycles. The summed E-state index contributed by atoms with van der Waals surface area (Å²) < 4.78 is 0. The smallest absolute Gasteiger partial charge is 0.101 e. The molecule has 0 aromatic heterocycles. The molecule has 2 nitrogen and oxygen atoms in total. The number of nitrogens with two attached hydrogens (primary N) is 1. The Hall–Kier alpha value is -1.14. The molecule has 2 N–H and O–H groups in total. The lowest BCUT2D eigenvalue weighted by atomic mass is 10.2. The van der Waals surface area contributed by atoms with E-state index in [4.69, 9.17) is 11.0 Å². The second-order valence-corrected chi connectivity index (χ2v) is 4.68. The largest absolute Gasteiger partial charge is 0.398 e. The molecule has 0 unspecified atom stereocenters. The summed E-state index contributed by atoms with van der Waals surface area (Å²) in [6, 6.07) is 7.63. The fourth-order valence-corrected chi connectivity index (χ4v) is 1.85. The summed E-state index contributed by atoms with van der Waals surface area (Å²) >= 11 is 1.73. The van der Waals surface area contributed by atoms with Gasteiger partial charge in [-0.15, -0.1) is 11.8 Å². The van der Waals surface area contributed by atoms with Crippen LogP contribution in [0.15, 0.2) is 23.1 Å². The van der Waals surface area contributed by atoms with Gasteiger partial charge in [0.05, 0.1) is 5.56 Å². The van der Waals surface area contributed by atoms with Crippen molar-refractivity contribution in [2.24, 2.45) is 0 Å². The van der Waals surface area contributed by atoms with Gasteiger partial charge in [-0.1, -0.05) is 13.8 Å². The normalized spacial score (nSPS) is 10.0. The Morgan fingerprint density at radius 2 is 2.15 bits per heavy atom. The summed E-state index contributed by atoms with van der Waals surface area (Å²) in [5.41, 5.74) is 6.71. The summed E-state index contributed by atoms with van der Waals surface area (Å²) in [7, 11) is 0. The molecule has 0 aliphatic rings. The van der Waals surface area contributed by atoms with E-state index in [2.05, 4.69) is 19.9 Å². The molecule has 1 rings (SSSR count). The number of rotatable bonds is 2. The second kappa shape index (κ2) is 4.20. The Morgan fingerprint density at radius 3 is 2.69 bits per heavy atom. The van der Waals surface area contributed by atoms with Crippen LogP contribution in [0, 0.1) is 11.3 Å². The molecular weight excluding hydrogens is 180 g/mol. The first-order valence-corrected chi connectivity index (χ1v) is 4.97.